The zero-order valence-corrected chi connectivity index (χ0v) is 17.0. The van der Waals surface area contributed by atoms with Crippen LogP contribution in [0.1, 0.15) is 33.3 Å². The molecular formula is C22H20N6O3. The normalized spacial score (nSPS) is 10.8. The van der Waals surface area contributed by atoms with Crippen molar-refractivity contribution in [2.45, 2.75) is 20.4 Å². The molecule has 4 rings (SSSR count). The number of rotatable bonds is 4. The SMILES string of the molecule is CCn1nc(C(=O)NNC(=O)c2ccc(-n3cc(C)cn3)cc2)c2ccccc2c1=O. The summed E-state index contributed by atoms with van der Waals surface area (Å²) >= 11 is 0. The van der Waals surface area contributed by atoms with Gasteiger partial charge in [0.1, 0.15) is 0 Å². The molecule has 9 nitrogen and oxygen atoms in total. The number of carbonyl (C=O) groups is 2. The van der Waals surface area contributed by atoms with Crippen molar-refractivity contribution in [2.75, 3.05) is 0 Å². The van der Waals surface area contributed by atoms with Crippen LogP contribution in [-0.4, -0.2) is 31.4 Å². The molecule has 4 aromatic rings. The minimum atomic E-state index is -0.615. The van der Waals surface area contributed by atoms with E-state index in [9.17, 15) is 14.4 Å². The van der Waals surface area contributed by atoms with Crippen molar-refractivity contribution in [3.63, 3.8) is 0 Å². The minimum Gasteiger partial charge on any atom is -0.267 e. The first-order valence-electron chi connectivity index (χ1n) is 9.70. The average molecular weight is 416 g/mol. The Morgan fingerprint density at radius 2 is 1.65 bits per heavy atom. The van der Waals surface area contributed by atoms with E-state index >= 15 is 0 Å². The second-order valence-electron chi connectivity index (χ2n) is 6.93. The third-order valence-corrected chi connectivity index (χ3v) is 4.78. The number of nitrogens with zero attached hydrogens (tertiary/aromatic N) is 4. The molecule has 0 radical (unpaired) electrons. The lowest BCUT2D eigenvalue weighted by Crippen LogP contribution is -2.42. The second kappa shape index (κ2) is 8.23. The van der Waals surface area contributed by atoms with Gasteiger partial charge in [-0.05, 0) is 49.7 Å². The second-order valence-corrected chi connectivity index (χ2v) is 6.93. The van der Waals surface area contributed by atoms with Crippen molar-refractivity contribution in [3.05, 3.63) is 88.1 Å². The summed E-state index contributed by atoms with van der Waals surface area (Å²) in [5.41, 5.74) is 6.75. The molecule has 0 saturated heterocycles. The van der Waals surface area contributed by atoms with Crippen LogP contribution in [0.5, 0.6) is 0 Å². The lowest BCUT2D eigenvalue weighted by molar-refractivity contribution is 0.0843. The molecule has 0 bridgehead atoms. The zero-order valence-electron chi connectivity index (χ0n) is 17.0. The van der Waals surface area contributed by atoms with Gasteiger partial charge in [-0.15, -0.1) is 0 Å². The van der Waals surface area contributed by atoms with Crippen LogP contribution in [0.25, 0.3) is 16.5 Å². The molecule has 0 aliphatic heterocycles. The summed E-state index contributed by atoms with van der Waals surface area (Å²) in [6.07, 6.45) is 3.62. The number of hydrogen-bond acceptors (Lipinski definition) is 5. The van der Waals surface area contributed by atoms with E-state index in [1.165, 1.54) is 4.68 Å². The van der Waals surface area contributed by atoms with E-state index in [-0.39, 0.29) is 11.3 Å². The Balaban J connectivity index is 1.51. The first kappa shape index (κ1) is 20.0. The Bertz CT molecular complexity index is 1340. The number of aromatic nitrogens is 4. The summed E-state index contributed by atoms with van der Waals surface area (Å²) in [6, 6.07) is 13.5. The Labute approximate surface area is 177 Å². The highest BCUT2D eigenvalue weighted by Crippen LogP contribution is 2.13. The predicted octanol–water partition coefficient (Wildman–Crippen LogP) is 1.99. The molecule has 2 aromatic heterocycles. The number of carbonyl (C=O) groups excluding carboxylic acids is 2. The Morgan fingerprint density at radius 1 is 0.968 bits per heavy atom. The van der Waals surface area contributed by atoms with Gasteiger partial charge in [-0.2, -0.15) is 10.2 Å². The van der Waals surface area contributed by atoms with Gasteiger partial charge in [-0.25, -0.2) is 9.36 Å². The molecule has 0 unspecified atom stereocenters. The molecule has 0 saturated carbocycles. The van der Waals surface area contributed by atoms with Crippen molar-refractivity contribution in [3.8, 4) is 5.69 Å². The topological polar surface area (TPSA) is 111 Å². The highest BCUT2D eigenvalue weighted by molar-refractivity contribution is 6.06. The summed E-state index contributed by atoms with van der Waals surface area (Å²) in [6.45, 7) is 4.03. The van der Waals surface area contributed by atoms with Gasteiger partial charge in [-0.1, -0.05) is 18.2 Å². The number of hydrazine groups is 1. The summed E-state index contributed by atoms with van der Waals surface area (Å²) in [4.78, 5) is 37.6. The van der Waals surface area contributed by atoms with Crippen LogP contribution in [0.3, 0.4) is 0 Å². The van der Waals surface area contributed by atoms with Crippen LogP contribution in [-0.2, 0) is 6.54 Å². The van der Waals surface area contributed by atoms with Gasteiger partial charge in [-0.3, -0.25) is 25.2 Å². The van der Waals surface area contributed by atoms with E-state index in [1.54, 1.807) is 66.3 Å². The lowest BCUT2D eigenvalue weighted by Gasteiger charge is -2.11. The summed E-state index contributed by atoms with van der Waals surface area (Å²) in [5.74, 6) is -1.10. The van der Waals surface area contributed by atoms with Crippen LogP contribution in [0.2, 0.25) is 0 Å². The summed E-state index contributed by atoms with van der Waals surface area (Å²) in [7, 11) is 0. The van der Waals surface area contributed by atoms with E-state index in [0.717, 1.165) is 11.3 Å². The fraction of sp³-hybridized carbons (Fsp3) is 0.136. The van der Waals surface area contributed by atoms with Gasteiger partial charge in [0.25, 0.3) is 17.4 Å². The Morgan fingerprint density at radius 3 is 2.29 bits per heavy atom. The number of fused-ring (bicyclic) bond motifs is 1. The third-order valence-electron chi connectivity index (χ3n) is 4.78. The maximum atomic E-state index is 12.7. The fourth-order valence-corrected chi connectivity index (χ4v) is 3.18. The predicted molar refractivity (Wildman–Crippen MR) is 115 cm³/mol. The van der Waals surface area contributed by atoms with Crippen molar-refractivity contribution in [1.29, 1.82) is 0 Å². The highest BCUT2D eigenvalue weighted by atomic mass is 16.2. The molecule has 0 spiro atoms. The van der Waals surface area contributed by atoms with Crippen LogP contribution >= 0.6 is 0 Å². The van der Waals surface area contributed by atoms with Crippen molar-refractivity contribution < 1.29 is 9.59 Å². The monoisotopic (exact) mass is 416 g/mol. The van der Waals surface area contributed by atoms with Gasteiger partial charge >= 0.3 is 0 Å². The maximum absolute atomic E-state index is 12.7. The summed E-state index contributed by atoms with van der Waals surface area (Å²) < 4.78 is 2.92. The molecule has 0 aliphatic rings. The van der Waals surface area contributed by atoms with Crippen LogP contribution < -0.4 is 16.4 Å². The van der Waals surface area contributed by atoms with Crippen LogP contribution in [0.15, 0.2) is 65.7 Å². The van der Waals surface area contributed by atoms with Gasteiger partial charge < -0.3 is 0 Å². The van der Waals surface area contributed by atoms with E-state index < -0.39 is 11.8 Å². The zero-order chi connectivity index (χ0) is 22.0. The van der Waals surface area contributed by atoms with Crippen LogP contribution in [0, 0.1) is 6.92 Å². The largest absolute Gasteiger partial charge is 0.290 e. The van der Waals surface area contributed by atoms with Gasteiger partial charge in [0, 0.05) is 23.7 Å². The van der Waals surface area contributed by atoms with Crippen molar-refractivity contribution in [2.24, 2.45) is 0 Å². The average Bonchev–Trinajstić information content (AvgIpc) is 3.24. The Hall–Kier alpha value is -4.27. The molecule has 9 heteroatoms. The number of amides is 2. The van der Waals surface area contributed by atoms with Crippen LogP contribution in [0.4, 0.5) is 0 Å². The van der Waals surface area contributed by atoms with E-state index in [2.05, 4.69) is 21.0 Å². The number of aryl methyl sites for hydroxylation is 2. The van der Waals surface area contributed by atoms with Gasteiger partial charge in [0.15, 0.2) is 5.69 Å². The third kappa shape index (κ3) is 3.93. The highest BCUT2D eigenvalue weighted by Gasteiger charge is 2.17. The number of benzene rings is 2. The lowest BCUT2D eigenvalue weighted by atomic mass is 10.1. The first-order valence-corrected chi connectivity index (χ1v) is 9.70. The molecule has 156 valence electrons. The molecule has 2 amide bonds. The first-order chi connectivity index (χ1) is 15.0. The van der Waals surface area contributed by atoms with E-state index in [4.69, 9.17) is 0 Å². The molecule has 0 fully saturated rings. The van der Waals surface area contributed by atoms with Crippen molar-refractivity contribution >= 4 is 22.6 Å². The Kier molecular flexibility index (Phi) is 5.31. The number of hydrogen-bond donors (Lipinski definition) is 2. The molecular weight excluding hydrogens is 396 g/mol. The molecule has 2 aromatic carbocycles. The van der Waals surface area contributed by atoms with Crippen molar-refractivity contribution in [1.82, 2.24) is 30.4 Å². The van der Waals surface area contributed by atoms with E-state index in [0.29, 0.717) is 22.9 Å². The van der Waals surface area contributed by atoms with Gasteiger partial charge in [0.2, 0.25) is 0 Å². The molecule has 2 N–H and O–H groups in total. The smallest absolute Gasteiger partial charge is 0.267 e. The molecule has 2 heterocycles. The number of nitrogens with one attached hydrogen (secondary N) is 2. The fourth-order valence-electron chi connectivity index (χ4n) is 3.18. The minimum absolute atomic E-state index is 0.0572. The van der Waals surface area contributed by atoms with E-state index in [1.807, 2.05) is 13.1 Å². The van der Waals surface area contributed by atoms with Gasteiger partial charge in [0.05, 0.1) is 17.3 Å². The standard InChI is InChI=1S/C22H20N6O3/c1-3-27-22(31)18-7-5-4-6-17(18)19(26-27)21(30)25-24-20(29)15-8-10-16(11-9-15)28-13-14(2)12-23-28/h4-13H,3H2,1-2H3,(H,24,29)(H,25,30). The molecule has 0 aliphatic carbocycles. The molecule has 0 atom stereocenters. The summed E-state index contributed by atoms with van der Waals surface area (Å²) in [5, 5.41) is 9.18. The molecule has 31 heavy (non-hydrogen) atoms. The maximum Gasteiger partial charge on any atom is 0.290 e. The quantitative estimate of drug-likeness (QED) is 0.494.